The number of hydrogen-bond acceptors (Lipinski definition) is 2. The van der Waals surface area contributed by atoms with Crippen LogP contribution in [0.15, 0.2) is 12.7 Å². The number of hydrogen-bond donors (Lipinski definition) is 1. The van der Waals surface area contributed by atoms with Gasteiger partial charge in [0.1, 0.15) is 0 Å². The van der Waals surface area contributed by atoms with Crippen molar-refractivity contribution in [1.82, 2.24) is 10.2 Å². The van der Waals surface area contributed by atoms with Crippen LogP contribution in [-0.2, 0) is 0 Å². The molecule has 2 nitrogen and oxygen atoms in total. The fourth-order valence-electron chi connectivity index (χ4n) is 3.41. The van der Waals surface area contributed by atoms with Crippen LogP contribution in [0.1, 0.15) is 51.4 Å². The van der Waals surface area contributed by atoms with Crippen LogP contribution in [0.3, 0.4) is 0 Å². The molecule has 2 saturated heterocycles. The van der Waals surface area contributed by atoms with E-state index in [2.05, 4.69) is 16.8 Å². The molecule has 2 rings (SSSR count). The first kappa shape index (κ1) is 13.1. The molecule has 98 valence electrons. The Kier molecular flexibility index (Phi) is 5.53. The highest BCUT2D eigenvalue weighted by molar-refractivity contribution is 4.91. The molecule has 0 bridgehead atoms. The van der Waals surface area contributed by atoms with Crippen molar-refractivity contribution in [3.63, 3.8) is 0 Å². The maximum atomic E-state index is 3.78. The van der Waals surface area contributed by atoms with Crippen molar-refractivity contribution in [2.75, 3.05) is 19.6 Å². The van der Waals surface area contributed by atoms with E-state index in [4.69, 9.17) is 0 Å². The second kappa shape index (κ2) is 7.17. The lowest BCUT2D eigenvalue weighted by Crippen LogP contribution is -2.44. The minimum Gasteiger partial charge on any atom is -0.312 e. The average molecular weight is 236 g/mol. The van der Waals surface area contributed by atoms with Gasteiger partial charge < -0.3 is 5.32 Å². The van der Waals surface area contributed by atoms with Gasteiger partial charge in [0.15, 0.2) is 0 Å². The van der Waals surface area contributed by atoms with Gasteiger partial charge in [-0.25, -0.2) is 0 Å². The topological polar surface area (TPSA) is 15.3 Å². The predicted molar refractivity (Wildman–Crippen MR) is 74.3 cm³/mol. The molecule has 2 heteroatoms. The van der Waals surface area contributed by atoms with Gasteiger partial charge in [0.25, 0.3) is 0 Å². The van der Waals surface area contributed by atoms with Crippen molar-refractivity contribution in [3.05, 3.63) is 12.7 Å². The van der Waals surface area contributed by atoms with Crippen LogP contribution in [0, 0.1) is 0 Å². The van der Waals surface area contributed by atoms with Gasteiger partial charge in [0.2, 0.25) is 0 Å². The van der Waals surface area contributed by atoms with Crippen LogP contribution < -0.4 is 5.32 Å². The standard InChI is InChI=1S/C15H28N2/c1-2-3-4-5-6-12-17-13-8-10-15(17)14-9-7-11-16-14/h2,14-16H,1,3-13H2. The quantitative estimate of drug-likeness (QED) is 0.540. The first-order valence-corrected chi connectivity index (χ1v) is 7.50. The summed E-state index contributed by atoms with van der Waals surface area (Å²) >= 11 is 0. The molecule has 0 radical (unpaired) electrons. The number of nitrogens with zero attached hydrogens (tertiary/aromatic N) is 1. The van der Waals surface area contributed by atoms with E-state index in [0.717, 1.165) is 12.1 Å². The molecule has 2 aliphatic rings. The fraction of sp³-hybridized carbons (Fsp3) is 0.867. The molecule has 0 aromatic heterocycles. The molecule has 2 fully saturated rings. The van der Waals surface area contributed by atoms with E-state index in [1.165, 1.54) is 71.0 Å². The Labute approximate surface area is 106 Å². The van der Waals surface area contributed by atoms with Crippen LogP contribution in [0.2, 0.25) is 0 Å². The second-order valence-electron chi connectivity index (χ2n) is 5.59. The largest absolute Gasteiger partial charge is 0.312 e. The van der Waals surface area contributed by atoms with Crippen molar-refractivity contribution < 1.29 is 0 Å². The monoisotopic (exact) mass is 236 g/mol. The lowest BCUT2D eigenvalue weighted by atomic mass is 10.0. The molecule has 0 aromatic carbocycles. The highest BCUT2D eigenvalue weighted by Gasteiger charge is 2.32. The summed E-state index contributed by atoms with van der Waals surface area (Å²) in [5.74, 6) is 0. The molecule has 0 saturated carbocycles. The Balaban J connectivity index is 1.66. The molecule has 2 aliphatic heterocycles. The van der Waals surface area contributed by atoms with Gasteiger partial charge in [-0.1, -0.05) is 12.5 Å². The summed E-state index contributed by atoms with van der Waals surface area (Å²) in [7, 11) is 0. The molecule has 2 unspecified atom stereocenters. The van der Waals surface area contributed by atoms with Gasteiger partial charge in [0.05, 0.1) is 0 Å². The zero-order chi connectivity index (χ0) is 11.9. The SMILES string of the molecule is C=CCCCCCN1CCCC1C1CCCN1. The number of allylic oxidation sites excluding steroid dienone is 1. The summed E-state index contributed by atoms with van der Waals surface area (Å²) < 4.78 is 0. The van der Waals surface area contributed by atoms with Crippen molar-refractivity contribution in [2.45, 2.75) is 63.5 Å². The van der Waals surface area contributed by atoms with E-state index in [1.807, 2.05) is 6.08 Å². The summed E-state index contributed by atoms with van der Waals surface area (Å²) in [5, 5.41) is 3.68. The van der Waals surface area contributed by atoms with Crippen LogP contribution >= 0.6 is 0 Å². The number of likely N-dealkylation sites (tertiary alicyclic amines) is 1. The molecular weight excluding hydrogens is 208 g/mol. The lowest BCUT2D eigenvalue weighted by Gasteiger charge is -2.29. The van der Waals surface area contributed by atoms with Gasteiger partial charge in [-0.2, -0.15) is 0 Å². The fourth-order valence-corrected chi connectivity index (χ4v) is 3.41. The number of unbranched alkanes of at least 4 members (excludes halogenated alkanes) is 3. The van der Waals surface area contributed by atoms with Crippen molar-refractivity contribution in [3.8, 4) is 0 Å². The van der Waals surface area contributed by atoms with Crippen molar-refractivity contribution in [2.24, 2.45) is 0 Å². The van der Waals surface area contributed by atoms with Crippen LogP contribution in [0.25, 0.3) is 0 Å². The van der Waals surface area contributed by atoms with Gasteiger partial charge in [-0.05, 0) is 64.6 Å². The molecule has 0 amide bonds. The smallest absolute Gasteiger partial charge is 0.0249 e. The van der Waals surface area contributed by atoms with Crippen molar-refractivity contribution >= 4 is 0 Å². The van der Waals surface area contributed by atoms with E-state index >= 15 is 0 Å². The van der Waals surface area contributed by atoms with Crippen LogP contribution in [-0.4, -0.2) is 36.6 Å². The molecule has 2 heterocycles. The van der Waals surface area contributed by atoms with E-state index in [1.54, 1.807) is 0 Å². The normalized spacial score (nSPS) is 29.9. The first-order valence-electron chi connectivity index (χ1n) is 7.50. The third kappa shape index (κ3) is 3.82. The van der Waals surface area contributed by atoms with E-state index in [9.17, 15) is 0 Å². The molecule has 17 heavy (non-hydrogen) atoms. The second-order valence-corrected chi connectivity index (χ2v) is 5.59. The first-order chi connectivity index (χ1) is 8.42. The van der Waals surface area contributed by atoms with E-state index in [-0.39, 0.29) is 0 Å². The van der Waals surface area contributed by atoms with Crippen molar-refractivity contribution in [1.29, 1.82) is 0 Å². The molecule has 2 atom stereocenters. The molecule has 0 spiro atoms. The lowest BCUT2D eigenvalue weighted by molar-refractivity contribution is 0.210. The number of rotatable bonds is 7. The zero-order valence-corrected chi connectivity index (χ0v) is 11.2. The maximum Gasteiger partial charge on any atom is 0.0249 e. The van der Waals surface area contributed by atoms with E-state index in [0.29, 0.717) is 0 Å². The van der Waals surface area contributed by atoms with Gasteiger partial charge >= 0.3 is 0 Å². The average Bonchev–Trinajstić information content (AvgIpc) is 2.98. The molecular formula is C15H28N2. The highest BCUT2D eigenvalue weighted by Crippen LogP contribution is 2.25. The Morgan fingerprint density at radius 3 is 2.88 bits per heavy atom. The van der Waals surface area contributed by atoms with Gasteiger partial charge in [0, 0.05) is 12.1 Å². The summed E-state index contributed by atoms with van der Waals surface area (Å²) in [6.07, 6.45) is 12.9. The summed E-state index contributed by atoms with van der Waals surface area (Å²) in [6.45, 7) is 7.68. The molecule has 1 N–H and O–H groups in total. The third-order valence-electron chi connectivity index (χ3n) is 4.33. The third-order valence-corrected chi connectivity index (χ3v) is 4.33. The number of nitrogens with one attached hydrogen (secondary N) is 1. The maximum absolute atomic E-state index is 3.78. The molecule has 0 aromatic rings. The Hall–Kier alpha value is -0.340. The van der Waals surface area contributed by atoms with Gasteiger partial charge in [-0.15, -0.1) is 6.58 Å². The zero-order valence-electron chi connectivity index (χ0n) is 11.2. The van der Waals surface area contributed by atoms with E-state index < -0.39 is 0 Å². The minimum atomic E-state index is 0.797. The Bertz CT molecular complexity index is 221. The summed E-state index contributed by atoms with van der Waals surface area (Å²) in [6, 6.07) is 1.64. The highest BCUT2D eigenvalue weighted by atomic mass is 15.2. The minimum absolute atomic E-state index is 0.797. The van der Waals surface area contributed by atoms with Crippen LogP contribution in [0.5, 0.6) is 0 Å². The predicted octanol–water partition coefficient (Wildman–Crippen LogP) is 2.95. The Morgan fingerprint density at radius 1 is 1.18 bits per heavy atom. The summed E-state index contributed by atoms with van der Waals surface area (Å²) in [5.41, 5.74) is 0. The molecule has 0 aliphatic carbocycles. The Morgan fingerprint density at radius 2 is 2.12 bits per heavy atom. The summed E-state index contributed by atoms with van der Waals surface area (Å²) in [4.78, 5) is 2.75. The van der Waals surface area contributed by atoms with Gasteiger partial charge in [-0.3, -0.25) is 4.90 Å². The van der Waals surface area contributed by atoms with Crippen LogP contribution in [0.4, 0.5) is 0 Å².